The molecule has 4 nitrogen and oxygen atoms in total. The summed E-state index contributed by atoms with van der Waals surface area (Å²) in [5.41, 5.74) is 0.395. The average Bonchev–Trinajstić information content (AvgIpc) is 3.03. The lowest BCUT2D eigenvalue weighted by atomic mass is 9.98. The molecule has 0 saturated carbocycles. The SMILES string of the molecule is CC.Fc1ccc(-c2nc(C3CCNCC3)no2)cc1F. The highest BCUT2D eigenvalue weighted by Gasteiger charge is 2.21. The van der Waals surface area contributed by atoms with Gasteiger partial charge in [0.25, 0.3) is 5.89 Å². The number of hydrogen-bond acceptors (Lipinski definition) is 4. The van der Waals surface area contributed by atoms with Crippen LogP contribution >= 0.6 is 0 Å². The fraction of sp³-hybridized carbons (Fsp3) is 0.467. The van der Waals surface area contributed by atoms with Gasteiger partial charge in [-0.15, -0.1) is 0 Å². The second-order valence-corrected chi connectivity index (χ2v) is 4.61. The van der Waals surface area contributed by atoms with E-state index in [1.807, 2.05) is 13.8 Å². The smallest absolute Gasteiger partial charge is 0.258 e. The van der Waals surface area contributed by atoms with E-state index in [9.17, 15) is 8.78 Å². The van der Waals surface area contributed by atoms with Crippen LogP contribution in [-0.2, 0) is 0 Å². The number of piperidine rings is 1. The third-order valence-corrected chi connectivity index (χ3v) is 3.31. The number of hydrogen-bond donors (Lipinski definition) is 1. The lowest BCUT2D eigenvalue weighted by molar-refractivity contribution is 0.392. The molecule has 6 heteroatoms. The largest absolute Gasteiger partial charge is 0.334 e. The standard InChI is InChI=1S/C13H13F2N3O.C2H6/c14-10-2-1-9(7-11(10)15)13-17-12(18-19-13)8-3-5-16-6-4-8;1-2/h1-2,7-8,16H,3-6H2;1-2H3. The van der Waals surface area contributed by atoms with E-state index in [2.05, 4.69) is 15.5 Å². The van der Waals surface area contributed by atoms with Gasteiger partial charge in [0.05, 0.1) is 0 Å². The van der Waals surface area contributed by atoms with Gasteiger partial charge in [0.1, 0.15) is 0 Å². The van der Waals surface area contributed by atoms with Crippen molar-refractivity contribution in [1.29, 1.82) is 0 Å². The van der Waals surface area contributed by atoms with Gasteiger partial charge in [0, 0.05) is 11.5 Å². The monoisotopic (exact) mass is 295 g/mol. The first-order valence-electron chi connectivity index (χ1n) is 7.24. The minimum absolute atomic E-state index is 0.229. The lowest BCUT2D eigenvalue weighted by Crippen LogP contribution is -2.27. The molecule has 0 atom stereocenters. The molecule has 2 aromatic rings. The molecule has 1 fully saturated rings. The average molecular weight is 295 g/mol. The van der Waals surface area contributed by atoms with Crippen molar-refractivity contribution in [3.05, 3.63) is 35.7 Å². The summed E-state index contributed by atoms with van der Waals surface area (Å²) in [5, 5.41) is 7.20. The molecule has 1 N–H and O–H groups in total. The van der Waals surface area contributed by atoms with Crippen molar-refractivity contribution >= 4 is 0 Å². The van der Waals surface area contributed by atoms with Crippen LogP contribution < -0.4 is 5.32 Å². The van der Waals surface area contributed by atoms with Gasteiger partial charge in [-0.3, -0.25) is 0 Å². The molecule has 0 bridgehead atoms. The maximum atomic E-state index is 13.2. The highest BCUT2D eigenvalue weighted by Crippen LogP contribution is 2.26. The zero-order valence-corrected chi connectivity index (χ0v) is 12.2. The van der Waals surface area contributed by atoms with E-state index in [1.165, 1.54) is 6.07 Å². The van der Waals surface area contributed by atoms with Crippen LogP contribution in [0.1, 0.15) is 38.4 Å². The van der Waals surface area contributed by atoms with Crippen LogP contribution in [0, 0.1) is 11.6 Å². The van der Waals surface area contributed by atoms with Crippen LogP contribution in [0.25, 0.3) is 11.5 Å². The Morgan fingerprint density at radius 2 is 1.86 bits per heavy atom. The van der Waals surface area contributed by atoms with E-state index in [0.717, 1.165) is 38.1 Å². The summed E-state index contributed by atoms with van der Waals surface area (Å²) in [5.74, 6) is -0.668. The molecule has 0 unspecified atom stereocenters. The summed E-state index contributed by atoms with van der Waals surface area (Å²) in [6, 6.07) is 3.55. The van der Waals surface area contributed by atoms with Crippen LogP contribution in [0.2, 0.25) is 0 Å². The van der Waals surface area contributed by atoms with Gasteiger partial charge in [-0.25, -0.2) is 8.78 Å². The normalized spacial score (nSPS) is 15.4. The fourth-order valence-electron chi connectivity index (χ4n) is 2.23. The van der Waals surface area contributed by atoms with E-state index >= 15 is 0 Å². The Morgan fingerprint density at radius 1 is 1.14 bits per heavy atom. The predicted octanol–water partition coefficient (Wildman–Crippen LogP) is 3.51. The summed E-state index contributed by atoms with van der Waals surface area (Å²) in [7, 11) is 0. The van der Waals surface area contributed by atoms with E-state index in [-0.39, 0.29) is 11.8 Å². The lowest BCUT2D eigenvalue weighted by Gasteiger charge is -2.18. The summed E-state index contributed by atoms with van der Waals surface area (Å²) >= 11 is 0. The molecule has 0 radical (unpaired) electrons. The molecular weight excluding hydrogens is 276 g/mol. The molecule has 114 valence electrons. The van der Waals surface area contributed by atoms with Crippen LogP contribution in [0.15, 0.2) is 22.7 Å². The Labute approximate surface area is 122 Å². The van der Waals surface area contributed by atoms with Gasteiger partial charge < -0.3 is 9.84 Å². The maximum Gasteiger partial charge on any atom is 0.258 e. The van der Waals surface area contributed by atoms with Gasteiger partial charge in [-0.05, 0) is 44.1 Å². The number of benzene rings is 1. The Morgan fingerprint density at radius 3 is 2.52 bits per heavy atom. The van der Waals surface area contributed by atoms with Crippen molar-refractivity contribution in [3.63, 3.8) is 0 Å². The number of halogens is 2. The van der Waals surface area contributed by atoms with Crippen molar-refractivity contribution in [2.45, 2.75) is 32.6 Å². The predicted molar refractivity (Wildman–Crippen MR) is 75.8 cm³/mol. The van der Waals surface area contributed by atoms with Crippen molar-refractivity contribution in [1.82, 2.24) is 15.5 Å². The van der Waals surface area contributed by atoms with E-state index in [0.29, 0.717) is 11.4 Å². The molecule has 1 saturated heterocycles. The molecule has 1 aliphatic rings. The minimum atomic E-state index is -0.917. The molecule has 0 spiro atoms. The zero-order valence-electron chi connectivity index (χ0n) is 12.2. The molecule has 1 aromatic heterocycles. The number of nitrogens with one attached hydrogen (secondary N) is 1. The van der Waals surface area contributed by atoms with Gasteiger partial charge in [0.15, 0.2) is 17.5 Å². The Kier molecular flexibility index (Phi) is 5.38. The fourth-order valence-corrected chi connectivity index (χ4v) is 2.23. The maximum absolute atomic E-state index is 13.2. The van der Waals surface area contributed by atoms with Crippen molar-refractivity contribution < 1.29 is 13.3 Å². The molecule has 1 aliphatic heterocycles. The molecule has 2 heterocycles. The summed E-state index contributed by atoms with van der Waals surface area (Å²) < 4.78 is 31.1. The second kappa shape index (κ2) is 7.26. The Bertz CT molecular complexity index is 580. The van der Waals surface area contributed by atoms with E-state index in [4.69, 9.17) is 4.52 Å². The summed E-state index contributed by atoms with van der Waals surface area (Å²) in [6.07, 6.45) is 1.91. The minimum Gasteiger partial charge on any atom is -0.334 e. The molecule has 0 aliphatic carbocycles. The Balaban J connectivity index is 0.000000774. The molecule has 3 rings (SSSR count). The van der Waals surface area contributed by atoms with E-state index in [1.54, 1.807) is 0 Å². The Hall–Kier alpha value is -1.82. The quantitative estimate of drug-likeness (QED) is 0.921. The van der Waals surface area contributed by atoms with Crippen molar-refractivity contribution in [2.75, 3.05) is 13.1 Å². The summed E-state index contributed by atoms with van der Waals surface area (Å²) in [6.45, 7) is 5.86. The first-order valence-corrected chi connectivity index (χ1v) is 7.24. The van der Waals surface area contributed by atoms with Crippen LogP contribution in [0.5, 0.6) is 0 Å². The van der Waals surface area contributed by atoms with Crippen LogP contribution in [0.3, 0.4) is 0 Å². The van der Waals surface area contributed by atoms with Gasteiger partial charge in [-0.2, -0.15) is 4.98 Å². The molecule has 1 aromatic carbocycles. The number of rotatable bonds is 2. The van der Waals surface area contributed by atoms with Crippen LogP contribution in [-0.4, -0.2) is 23.2 Å². The van der Waals surface area contributed by atoms with Crippen molar-refractivity contribution in [3.8, 4) is 11.5 Å². The van der Waals surface area contributed by atoms with Crippen LogP contribution in [0.4, 0.5) is 8.78 Å². The first kappa shape index (κ1) is 15.6. The topological polar surface area (TPSA) is 51.0 Å². The van der Waals surface area contributed by atoms with Crippen molar-refractivity contribution in [2.24, 2.45) is 0 Å². The van der Waals surface area contributed by atoms with Gasteiger partial charge in [-0.1, -0.05) is 19.0 Å². The third kappa shape index (κ3) is 3.64. The van der Waals surface area contributed by atoms with Gasteiger partial charge in [0.2, 0.25) is 0 Å². The summed E-state index contributed by atoms with van der Waals surface area (Å²) in [4.78, 5) is 4.28. The second-order valence-electron chi connectivity index (χ2n) is 4.61. The van der Waals surface area contributed by atoms with E-state index < -0.39 is 11.6 Å². The number of nitrogens with zero attached hydrogens (tertiary/aromatic N) is 2. The molecule has 21 heavy (non-hydrogen) atoms. The first-order chi connectivity index (χ1) is 10.2. The van der Waals surface area contributed by atoms with Gasteiger partial charge >= 0.3 is 0 Å². The highest BCUT2D eigenvalue weighted by atomic mass is 19.2. The molecule has 0 amide bonds. The zero-order chi connectivity index (χ0) is 15.2. The highest BCUT2D eigenvalue weighted by molar-refractivity contribution is 5.52. The number of aromatic nitrogens is 2. The molecular formula is C15H19F2N3O. The third-order valence-electron chi connectivity index (χ3n) is 3.31.